The molecule has 0 unspecified atom stereocenters. The molecule has 1 heterocycles. The van der Waals surface area contributed by atoms with Gasteiger partial charge in [0.25, 0.3) is 0 Å². The van der Waals surface area contributed by atoms with Crippen LogP contribution >= 0.6 is 0 Å². The molecular weight excluding hydrogens is 1170 g/mol. The molecule has 7 aromatic rings. The van der Waals surface area contributed by atoms with Crippen molar-refractivity contribution in [1.29, 1.82) is 0 Å². The second kappa shape index (κ2) is 22.6. The maximum Gasteiger partial charge on any atom is 0.416 e. The molecule has 0 saturated carbocycles. The molecule has 0 N–H and O–H groups in total. The first-order valence-electron chi connectivity index (χ1n) is 22.4. The molecule has 7 rings (SSSR count). The van der Waals surface area contributed by atoms with Gasteiger partial charge in [0, 0.05) is 16.2 Å². The first-order valence-corrected chi connectivity index (χ1v) is 22.4. The lowest BCUT2D eigenvalue weighted by atomic mass is 9.12. The number of rotatable bonds is 10. The van der Waals surface area contributed by atoms with Crippen LogP contribution < -0.4 is 26.4 Å². The van der Waals surface area contributed by atoms with Gasteiger partial charge in [-0.3, -0.25) is 9.78 Å². The number of aromatic nitrogens is 2. The lowest BCUT2D eigenvalue weighted by molar-refractivity contribution is -0.690. The van der Waals surface area contributed by atoms with E-state index in [1.54, 1.807) is 24.7 Å². The summed E-state index contributed by atoms with van der Waals surface area (Å²) in [4.78, 5) is 19.4. The van der Waals surface area contributed by atoms with Crippen molar-refractivity contribution in [3.8, 4) is 0 Å². The zero-order valence-corrected chi connectivity index (χ0v) is 40.1. The largest absolute Gasteiger partial charge is 0.416 e. The number of hydrogen-bond donors (Lipinski definition) is 0. The van der Waals surface area contributed by atoms with Gasteiger partial charge in [0.2, 0.25) is 18.0 Å². The van der Waals surface area contributed by atoms with Gasteiger partial charge in [0.1, 0.15) is 6.15 Å². The standard InChI is InChI=1S/C32H12BF24.C19H16N5O/c34-25(35,36)13-1-14(26(37,38)39)6-21(5-13)33(22-7-15(27(40,41)42)2-16(8-22)28(43,44)45,23-9-17(29(46,47)48)3-18(10-23)30(49,50)51)24-11-19(31(52,53)54)4-20(12-24)32(55,56)57;20-23-22-17-8-4-5-15(11-17)12-18-13-21-9-10-24(18)14-19(25)16-6-2-1-3-7-16/h1-12H;1-11,13H,12,14H2/q-1;+1. The molecule has 82 heavy (non-hydrogen) atoms. The summed E-state index contributed by atoms with van der Waals surface area (Å²) in [5.41, 5.74) is -18.5. The molecule has 0 aliphatic carbocycles. The molecule has 0 fully saturated rings. The van der Waals surface area contributed by atoms with Gasteiger partial charge in [0.15, 0.2) is 6.20 Å². The highest BCUT2D eigenvalue weighted by Gasteiger charge is 2.47. The van der Waals surface area contributed by atoms with Crippen molar-refractivity contribution >= 4 is 39.5 Å². The highest BCUT2D eigenvalue weighted by molar-refractivity contribution is 7.20. The van der Waals surface area contributed by atoms with Gasteiger partial charge in [0.05, 0.1) is 63.3 Å². The van der Waals surface area contributed by atoms with E-state index >= 15 is 0 Å². The van der Waals surface area contributed by atoms with Gasteiger partial charge in [-0.05, 0) is 41.4 Å². The van der Waals surface area contributed by atoms with E-state index in [2.05, 4.69) is 15.0 Å². The molecule has 434 valence electrons. The minimum Gasteiger partial charge on any atom is -0.287 e. The molecule has 31 heteroatoms. The summed E-state index contributed by atoms with van der Waals surface area (Å²) >= 11 is 0. The summed E-state index contributed by atoms with van der Waals surface area (Å²) in [7, 11) is 0. The fraction of sp³-hybridized carbons (Fsp3) is 0.196. The van der Waals surface area contributed by atoms with Crippen molar-refractivity contribution in [3.05, 3.63) is 218 Å². The highest BCUT2D eigenvalue weighted by Crippen LogP contribution is 2.41. The number of azide groups is 1. The molecule has 0 bridgehead atoms. The maximum atomic E-state index is 14.2. The van der Waals surface area contributed by atoms with E-state index in [1.165, 1.54) is 0 Å². The van der Waals surface area contributed by atoms with E-state index in [0.717, 1.165) is 11.3 Å². The minimum atomic E-state index is -6.13. The predicted octanol–water partition coefficient (Wildman–Crippen LogP) is 15.0. The molecule has 0 aliphatic rings. The third kappa shape index (κ3) is 14.8. The van der Waals surface area contributed by atoms with E-state index in [1.807, 2.05) is 53.1 Å². The molecule has 1 aromatic heterocycles. The fourth-order valence-electron chi connectivity index (χ4n) is 8.65. The van der Waals surface area contributed by atoms with Crippen LogP contribution in [-0.4, -0.2) is 16.9 Å². The Bertz CT molecular complexity index is 3080. The number of carbonyl (C=O) groups is 1. The van der Waals surface area contributed by atoms with Gasteiger partial charge in [-0.1, -0.05) is 102 Å². The third-order valence-electron chi connectivity index (χ3n) is 12.2. The Morgan fingerprint density at radius 1 is 0.451 bits per heavy atom. The average Bonchev–Trinajstić information content (AvgIpc) is 1.68. The highest BCUT2D eigenvalue weighted by atomic mass is 19.4. The van der Waals surface area contributed by atoms with Gasteiger partial charge in [-0.15, -0.1) is 0 Å². The molecule has 0 amide bonds. The van der Waals surface area contributed by atoms with Crippen LogP contribution in [0.5, 0.6) is 0 Å². The van der Waals surface area contributed by atoms with E-state index in [0.29, 0.717) is 17.7 Å². The van der Waals surface area contributed by atoms with E-state index in [9.17, 15) is 110 Å². The Labute approximate surface area is 443 Å². The third-order valence-corrected chi connectivity index (χ3v) is 12.2. The number of carbonyl (C=O) groups excluding carboxylic acids is 1. The zero-order chi connectivity index (χ0) is 61.4. The van der Waals surface area contributed by atoms with Crippen molar-refractivity contribution in [2.45, 2.75) is 62.4 Å². The van der Waals surface area contributed by atoms with Crippen LogP contribution in [0.25, 0.3) is 10.4 Å². The summed E-state index contributed by atoms with van der Waals surface area (Å²) in [5, 5.41) is 3.62. The molecule has 6 nitrogen and oxygen atoms in total. The van der Waals surface area contributed by atoms with Gasteiger partial charge in [-0.25, -0.2) is 0 Å². The van der Waals surface area contributed by atoms with Crippen molar-refractivity contribution < 1.29 is 115 Å². The molecule has 0 aliphatic heterocycles. The number of nitrogens with zero attached hydrogens (tertiary/aromatic N) is 5. The van der Waals surface area contributed by atoms with Crippen molar-refractivity contribution in [3.63, 3.8) is 0 Å². The Balaban J connectivity index is 0.000000357. The van der Waals surface area contributed by atoms with Crippen LogP contribution in [0, 0.1) is 0 Å². The molecule has 0 spiro atoms. The Morgan fingerprint density at radius 3 is 1.09 bits per heavy atom. The molecule has 0 saturated heterocycles. The number of alkyl halides is 24. The van der Waals surface area contributed by atoms with Crippen LogP contribution in [-0.2, 0) is 62.4 Å². The Morgan fingerprint density at radius 2 is 0.780 bits per heavy atom. The van der Waals surface area contributed by atoms with Crippen LogP contribution in [0.15, 0.2) is 151 Å². The van der Waals surface area contributed by atoms with Gasteiger partial charge < -0.3 is 0 Å². The number of hydrogen-bond acceptors (Lipinski definition) is 3. The van der Waals surface area contributed by atoms with E-state index < -0.39 is 195 Å². The molecule has 0 atom stereocenters. The minimum absolute atomic E-state index is 0.0425. The number of benzene rings is 6. The second-order valence-electron chi connectivity index (χ2n) is 17.7. The summed E-state index contributed by atoms with van der Waals surface area (Å²) in [5.74, 6) is 0.0425. The summed E-state index contributed by atoms with van der Waals surface area (Å²) in [6, 6.07) is 7.78. The normalized spacial score (nSPS) is 13.0. The molecule has 0 radical (unpaired) electrons. The first kappa shape index (κ1) is 63.0. The lowest BCUT2D eigenvalue weighted by Gasteiger charge is -2.46. The lowest BCUT2D eigenvalue weighted by Crippen LogP contribution is -2.75. The van der Waals surface area contributed by atoms with Crippen molar-refractivity contribution in [2.24, 2.45) is 5.11 Å². The maximum absolute atomic E-state index is 14.2. The van der Waals surface area contributed by atoms with Gasteiger partial charge >= 0.3 is 49.4 Å². The van der Waals surface area contributed by atoms with Crippen molar-refractivity contribution in [2.75, 3.05) is 0 Å². The van der Waals surface area contributed by atoms with E-state index in [-0.39, 0.29) is 12.3 Å². The zero-order valence-electron chi connectivity index (χ0n) is 40.1. The van der Waals surface area contributed by atoms with Gasteiger partial charge in [-0.2, -0.15) is 132 Å². The quantitative estimate of drug-likeness (QED) is 0.0260. The van der Waals surface area contributed by atoms with Crippen molar-refractivity contribution in [1.82, 2.24) is 4.98 Å². The SMILES string of the molecule is FC(F)(F)c1cc([B-](c2cc(C(F)(F)F)cc(C(F)(F)F)c2)(c2cc(C(F)(F)F)cc(C(F)(F)F)c2)c2cc(C(F)(F)F)cc(C(F)(F)F)c2)cc(C(F)(F)F)c1.[N-]=[N+]=Nc1cccc(Cc2cncc[n+]2CC(=O)c2ccccc2)c1. The van der Waals surface area contributed by atoms with Crippen LogP contribution in [0.1, 0.15) is 66.1 Å². The first-order chi connectivity index (χ1) is 37.5. The fourth-order valence-corrected chi connectivity index (χ4v) is 8.65. The number of ketones is 1. The Kier molecular flexibility index (Phi) is 17.4. The van der Waals surface area contributed by atoms with Crippen LogP contribution in [0.4, 0.5) is 111 Å². The molecular formula is C51H28BF24N5O. The number of halogens is 24. The number of Topliss-reactive ketones (excluding diaryl/α,β-unsaturated/α-hetero) is 1. The monoisotopic (exact) mass is 1190 g/mol. The summed E-state index contributed by atoms with van der Waals surface area (Å²) in [6.07, 6.45) is -49.0. The second-order valence-corrected chi connectivity index (χ2v) is 17.7. The molecule has 6 aromatic carbocycles. The smallest absolute Gasteiger partial charge is 0.287 e. The predicted molar refractivity (Wildman–Crippen MR) is 243 cm³/mol. The van der Waals surface area contributed by atoms with E-state index in [4.69, 9.17) is 5.53 Å². The summed E-state index contributed by atoms with van der Waals surface area (Å²) < 4.78 is 343. The van der Waals surface area contributed by atoms with Crippen LogP contribution in [0.3, 0.4) is 0 Å². The Hall–Kier alpha value is -8.24. The summed E-state index contributed by atoms with van der Waals surface area (Å²) in [6.45, 7) is 0.248. The van der Waals surface area contributed by atoms with Crippen LogP contribution in [0.2, 0.25) is 0 Å². The average molecular weight is 1190 g/mol. The topological polar surface area (TPSA) is 82.6 Å².